The lowest BCUT2D eigenvalue weighted by molar-refractivity contribution is -0.143. The number of aliphatic carboxylic acids is 1. The number of carbonyl (C=O) groups is 2. The van der Waals surface area contributed by atoms with Gasteiger partial charge in [0.25, 0.3) is 0 Å². The van der Waals surface area contributed by atoms with Gasteiger partial charge in [-0.2, -0.15) is 13.2 Å². The van der Waals surface area contributed by atoms with Crippen LogP contribution in [0.4, 0.5) is 13.2 Å². The maximum atomic E-state index is 13.2. The summed E-state index contributed by atoms with van der Waals surface area (Å²) in [5.41, 5.74) is -0.432. The van der Waals surface area contributed by atoms with Crippen LogP contribution in [-0.4, -0.2) is 28.4 Å². The van der Waals surface area contributed by atoms with Gasteiger partial charge in [0, 0.05) is 13.1 Å². The summed E-state index contributed by atoms with van der Waals surface area (Å²) in [6.07, 6.45) is -4.51. The lowest BCUT2D eigenvalue weighted by atomic mass is 9.81. The van der Waals surface area contributed by atoms with Gasteiger partial charge in [0.1, 0.15) is 0 Å². The quantitative estimate of drug-likeness (QED) is 0.854. The smallest absolute Gasteiger partial charge is 0.416 e. The van der Waals surface area contributed by atoms with Gasteiger partial charge in [-0.15, -0.1) is 0 Å². The van der Waals surface area contributed by atoms with Crippen molar-refractivity contribution >= 4 is 11.9 Å². The number of amides is 1. The number of nitrogens with zero attached hydrogens (tertiary/aromatic N) is 1. The van der Waals surface area contributed by atoms with Gasteiger partial charge < -0.3 is 10.0 Å². The summed E-state index contributed by atoms with van der Waals surface area (Å²) >= 11 is 0. The number of fused-ring (bicyclic) bond motifs is 1. The number of benzene rings is 2. The van der Waals surface area contributed by atoms with Crippen molar-refractivity contribution in [1.29, 1.82) is 0 Å². The van der Waals surface area contributed by atoms with Crippen LogP contribution in [0.3, 0.4) is 0 Å². The summed E-state index contributed by atoms with van der Waals surface area (Å²) in [5.74, 6) is -2.32. The molecule has 0 saturated heterocycles. The van der Waals surface area contributed by atoms with Crippen molar-refractivity contribution in [3.05, 3.63) is 70.8 Å². The topological polar surface area (TPSA) is 57.6 Å². The molecule has 28 heavy (non-hydrogen) atoms. The van der Waals surface area contributed by atoms with Gasteiger partial charge in [-0.25, -0.2) is 0 Å². The molecule has 0 aromatic heterocycles. The van der Waals surface area contributed by atoms with Crippen LogP contribution in [0.25, 0.3) is 0 Å². The molecule has 0 aliphatic carbocycles. The van der Waals surface area contributed by atoms with Crippen LogP contribution < -0.4 is 0 Å². The summed E-state index contributed by atoms with van der Waals surface area (Å²) in [6.45, 7) is 3.32. The van der Waals surface area contributed by atoms with Crippen LogP contribution in [0.1, 0.15) is 42.0 Å². The van der Waals surface area contributed by atoms with E-state index in [0.29, 0.717) is 5.56 Å². The Bertz CT molecular complexity index is 921. The molecule has 1 aliphatic heterocycles. The average Bonchev–Trinajstić information content (AvgIpc) is 2.65. The summed E-state index contributed by atoms with van der Waals surface area (Å²) in [7, 11) is 0. The van der Waals surface area contributed by atoms with E-state index in [1.807, 2.05) is 0 Å². The van der Waals surface area contributed by atoms with Crippen molar-refractivity contribution in [3.8, 4) is 0 Å². The highest BCUT2D eigenvalue weighted by Crippen LogP contribution is 2.36. The molecule has 148 valence electrons. The highest BCUT2D eigenvalue weighted by atomic mass is 19.4. The lowest BCUT2D eigenvalue weighted by Gasteiger charge is -2.38. The molecule has 2 aromatic rings. The van der Waals surface area contributed by atoms with Gasteiger partial charge in [0.2, 0.25) is 5.91 Å². The molecule has 4 nitrogen and oxygen atoms in total. The molecule has 1 N–H and O–H groups in total. The van der Waals surface area contributed by atoms with Gasteiger partial charge in [0.15, 0.2) is 0 Å². The summed E-state index contributed by atoms with van der Waals surface area (Å²) in [6, 6.07) is 11.7. The summed E-state index contributed by atoms with van der Waals surface area (Å²) in [5, 5.41) is 9.57. The van der Waals surface area contributed by atoms with Crippen molar-refractivity contribution in [2.24, 2.45) is 0 Å². The fourth-order valence-corrected chi connectivity index (χ4v) is 3.58. The van der Waals surface area contributed by atoms with E-state index < -0.39 is 34.9 Å². The highest BCUT2D eigenvalue weighted by Gasteiger charge is 2.40. The second-order valence-corrected chi connectivity index (χ2v) is 7.48. The fourth-order valence-electron chi connectivity index (χ4n) is 3.58. The van der Waals surface area contributed by atoms with Gasteiger partial charge >= 0.3 is 12.1 Å². The SMILES string of the molecule is CC(C)(C(=O)N1Cc2ccccc2C(C(=O)O)C1)c1cccc(C(F)(F)F)c1. The molecule has 0 spiro atoms. The van der Waals surface area contributed by atoms with Crippen LogP contribution in [-0.2, 0) is 27.7 Å². The first-order valence-electron chi connectivity index (χ1n) is 8.79. The Balaban J connectivity index is 1.94. The van der Waals surface area contributed by atoms with Crippen LogP contribution in [0.5, 0.6) is 0 Å². The van der Waals surface area contributed by atoms with E-state index in [1.165, 1.54) is 17.0 Å². The minimum Gasteiger partial charge on any atom is -0.481 e. The Morgan fingerprint density at radius 1 is 1.04 bits per heavy atom. The number of hydrogen-bond donors (Lipinski definition) is 1. The third-order valence-electron chi connectivity index (χ3n) is 5.23. The van der Waals surface area contributed by atoms with Gasteiger partial charge in [0.05, 0.1) is 16.9 Å². The van der Waals surface area contributed by atoms with E-state index in [2.05, 4.69) is 0 Å². The van der Waals surface area contributed by atoms with E-state index >= 15 is 0 Å². The van der Waals surface area contributed by atoms with Crippen LogP contribution in [0.2, 0.25) is 0 Å². The van der Waals surface area contributed by atoms with Crippen molar-refractivity contribution in [2.45, 2.75) is 37.9 Å². The zero-order chi connectivity index (χ0) is 20.7. The molecule has 7 heteroatoms. The van der Waals surface area contributed by atoms with E-state index in [9.17, 15) is 27.9 Å². The Morgan fingerprint density at radius 3 is 2.32 bits per heavy atom. The molecule has 0 bridgehead atoms. The van der Waals surface area contributed by atoms with Gasteiger partial charge in [-0.3, -0.25) is 9.59 Å². The molecule has 1 amide bonds. The Morgan fingerprint density at radius 2 is 1.68 bits per heavy atom. The Labute approximate surface area is 160 Å². The monoisotopic (exact) mass is 391 g/mol. The largest absolute Gasteiger partial charge is 0.481 e. The maximum Gasteiger partial charge on any atom is 0.416 e. The molecule has 2 aromatic carbocycles. The summed E-state index contributed by atoms with van der Waals surface area (Å²) < 4.78 is 39.2. The predicted molar refractivity (Wildman–Crippen MR) is 96.7 cm³/mol. The molecule has 3 rings (SSSR count). The number of halogens is 3. The van der Waals surface area contributed by atoms with Gasteiger partial charge in [-0.05, 0) is 36.6 Å². The molecule has 1 aliphatic rings. The molecular formula is C21H20F3NO3. The third kappa shape index (κ3) is 3.61. The standard InChI is InChI=1S/C21H20F3NO3/c1-20(2,14-7-5-8-15(10-14)21(22,23)24)19(28)25-11-13-6-3-4-9-16(13)17(12-25)18(26)27/h3-10,17H,11-12H2,1-2H3,(H,26,27). The fraction of sp³-hybridized carbons (Fsp3) is 0.333. The Hall–Kier alpha value is -2.83. The van der Waals surface area contributed by atoms with Crippen molar-refractivity contribution in [3.63, 3.8) is 0 Å². The van der Waals surface area contributed by atoms with E-state index in [1.54, 1.807) is 38.1 Å². The molecule has 0 fully saturated rings. The molecule has 1 unspecified atom stereocenters. The number of carboxylic acids is 1. The number of alkyl halides is 3. The van der Waals surface area contributed by atoms with Crippen LogP contribution in [0, 0.1) is 0 Å². The molecular weight excluding hydrogens is 371 g/mol. The second-order valence-electron chi connectivity index (χ2n) is 7.48. The second kappa shape index (κ2) is 6.96. The first-order valence-corrected chi connectivity index (χ1v) is 8.79. The number of carboxylic acid groups (broad SMARTS) is 1. The zero-order valence-electron chi connectivity index (χ0n) is 15.5. The minimum atomic E-state index is -4.51. The predicted octanol–water partition coefficient (Wildman–Crippen LogP) is 4.19. The summed E-state index contributed by atoms with van der Waals surface area (Å²) in [4.78, 5) is 26.3. The Kier molecular flexibility index (Phi) is 4.95. The highest BCUT2D eigenvalue weighted by molar-refractivity contribution is 5.89. The number of hydrogen-bond acceptors (Lipinski definition) is 2. The first kappa shape index (κ1) is 19.9. The molecule has 1 heterocycles. The normalized spacial score (nSPS) is 17.2. The van der Waals surface area contributed by atoms with E-state index in [4.69, 9.17) is 0 Å². The average molecular weight is 391 g/mol. The molecule has 0 saturated carbocycles. The zero-order valence-corrected chi connectivity index (χ0v) is 15.5. The minimum absolute atomic E-state index is 0.0203. The first-order chi connectivity index (χ1) is 13.0. The number of rotatable bonds is 3. The number of carbonyl (C=O) groups excluding carboxylic acids is 1. The van der Waals surface area contributed by atoms with E-state index in [-0.39, 0.29) is 18.7 Å². The maximum absolute atomic E-state index is 13.2. The van der Waals surface area contributed by atoms with Crippen molar-refractivity contribution < 1.29 is 27.9 Å². The lowest BCUT2D eigenvalue weighted by Crippen LogP contribution is -2.47. The molecule has 1 atom stereocenters. The van der Waals surface area contributed by atoms with Crippen molar-refractivity contribution in [1.82, 2.24) is 4.90 Å². The van der Waals surface area contributed by atoms with E-state index in [0.717, 1.165) is 17.7 Å². The molecule has 0 radical (unpaired) electrons. The van der Waals surface area contributed by atoms with Gasteiger partial charge in [-0.1, -0.05) is 42.5 Å². The van der Waals surface area contributed by atoms with Crippen molar-refractivity contribution in [2.75, 3.05) is 6.54 Å². The third-order valence-corrected chi connectivity index (χ3v) is 5.23. The van der Waals surface area contributed by atoms with Crippen LogP contribution in [0.15, 0.2) is 48.5 Å². The van der Waals surface area contributed by atoms with Crippen LogP contribution >= 0.6 is 0 Å².